The predicted molar refractivity (Wildman–Crippen MR) is 68.0 cm³/mol. The fourth-order valence-electron chi connectivity index (χ4n) is 2.17. The lowest BCUT2D eigenvalue weighted by Crippen LogP contribution is -2.35. The number of aryl methyl sites for hydroxylation is 1. The fourth-order valence-corrected chi connectivity index (χ4v) is 2.17. The molecule has 0 radical (unpaired) electrons. The first kappa shape index (κ1) is 10.9. The summed E-state index contributed by atoms with van der Waals surface area (Å²) in [5.41, 5.74) is 2.01. The monoisotopic (exact) mass is 239 g/mol. The molecular formula is C14H13N3O. The van der Waals surface area contributed by atoms with Gasteiger partial charge in [0.25, 0.3) is 0 Å². The van der Waals surface area contributed by atoms with Crippen LogP contribution in [0.4, 0.5) is 5.82 Å². The molecule has 90 valence electrons. The number of fused-ring (bicyclic) bond motifs is 1. The summed E-state index contributed by atoms with van der Waals surface area (Å²) in [6, 6.07) is 9.94. The minimum absolute atomic E-state index is 0.117. The molecular weight excluding hydrogens is 226 g/mol. The van der Waals surface area contributed by atoms with Crippen LogP contribution >= 0.6 is 0 Å². The van der Waals surface area contributed by atoms with Gasteiger partial charge in [0.1, 0.15) is 0 Å². The first-order chi connectivity index (χ1) is 8.84. The zero-order valence-electron chi connectivity index (χ0n) is 9.91. The lowest BCUT2D eigenvalue weighted by atomic mass is 10.1. The van der Waals surface area contributed by atoms with E-state index in [1.165, 1.54) is 0 Å². The molecule has 0 saturated heterocycles. The van der Waals surface area contributed by atoms with Gasteiger partial charge in [0.15, 0.2) is 5.82 Å². The Bertz CT molecular complexity index is 568. The van der Waals surface area contributed by atoms with Crippen molar-refractivity contribution in [2.75, 3.05) is 4.90 Å². The highest BCUT2D eigenvalue weighted by atomic mass is 16.2. The van der Waals surface area contributed by atoms with E-state index in [4.69, 9.17) is 0 Å². The largest absolute Gasteiger partial charge is 0.291 e. The van der Waals surface area contributed by atoms with Crippen LogP contribution in [0.25, 0.3) is 0 Å². The Morgan fingerprint density at radius 1 is 1.06 bits per heavy atom. The van der Waals surface area contributed by atoms with E-state index in [0.717, 1.165) is 11.3 Å². The molecule has 2 heterocycles. The topological polar surface area (TPSA) is 46.1 Å². The molecule has 18 heavy (non-hydrogen) atoms. The average molecular weight is 239 g/mol. The van der Waals surface area contributed by atoms with Crippen LogP contribution in [0.15, 0.2) is 42.7 Å². The minimum Gasteiger partial charge on any atom is -0.291 e. The SMILES string of the molecule is O=C1CCc2nccnc2N1Cc1ccccc1. The van der Waals surface area contributed by atoms with E-state index in [1.54, 1.807) is 17.3 Å². The number of hydrogen-bond donors (Lipinski definition) is 0. The number of carbonyl (C=O) groups is 1. The number of hydrogen-bond acceptors (Lipinski definition) is 3. The summed E-state index contributed by atoms with van der Waals surface area (Å²) in [5.74, 6) is 0.824. The fraction of sp³-hybridized carbons (Fsp3) is 0.214. The van der Waals surface area contributed by atoms with Gasteiger partial charge < -0.3 is 0 Å². The Hall–Kier alpha value is -2.23. The maximum absolute atomic E-state index is 12.0. The molecule has 0 unspecified atom stereocenters. The molecule has 1 aliphatic rings. The van der Waals surface area contributed by atoms with Crippen LogP contribution in [0.1, 0.15) is 17.7 Å². The van der Waals surface area contributed by atoms with Crippen molar-refractivity contribution in [1.82, 2.24) is 9.97 Å². The number of anilines is 1. The lowest BCUT2D eigenvalue weighted by Gasteiger charge is -2.27. The van der Waals surface area contributed by atoms with Crippen LogP contribution < -0.4 is 4.90 Å². The Kier molecular flexibility index (Phi) is 2.76. The van der Waals surface area contributed by atoms with Crippen LogP contribution in [-0.2, 0) is 17.8 Å². The van der Waals surface area contributed by atoms with Crippen molar-refractivity contribution in [1.29, 1.82) is 0 Å². The molecule has 4 heteroatoms. The van der Waals surface area contributed by atoms with Gasteiger partial charge in [-0.1, -0.05) is 30.3 Å². The second kappa shape index (κ2) is 4.56. The Morgan fingerprint density at radius 3 is 2.67 bits per heavy atom. The highest BCUT2D eigenvalue weighted by Crippen LogP contribution is 2.24. The van der Waals surface area contributed by atoms with Crippen molar-refractivity contribution in [2.24, 2.45) is 0 Å². The first-order valence-electron chi connectivity index (χ1n) is 5.99. The van der Waals surface area contributed by atoms with Gasteiger partial charge in [0.05, 0.1) is 12.2 Å². The van der Waals surface area contributed by atoms with Crippen molar-refractivity contribution in [3.8, 4) is 0 Å². The second-order valence-electron chi connectivity index (χ2n) is 4.29. The van der Waals surface area contributed by atoms with Gasteiger partial charge in [-0.05, 0) is 5.56 Å². The van der Waals surface area contributed by atoms with Crippen molar-refractivity contribution in [3.63, 3.8) is 0 Å². The Balaban J connectivity index is 1.94. The molecule has 3 rings (SSSR count). The Labute approximate surface area is 105 Å². The van der Waals surface area contributed by atoms with Crippen LogP contribution in [0, 0.1) is 0 Å². The van der Waals surface area contributed by atoms with Crippen molar-refractivity contribution >= 4 is 11.7 Å². The van der Waals surface area contributed by atoms with E-state index in [9.17, 15) is 4.79 Å². The normalized spacial score (nSPS) is 14.4. The third-order valence-corrected chi connectivity index (χ3v) is 3.07. The molecule has 1 amide bonds. The minimum atomic E-state index is 0.117. The van der Waals surface area contributed by atoms with Crippen molar-refractivity contribution in [2.45, 2.75) is 19.4 Å². The smallest absolute Gasteiger partial charge is 0.228 e. The zero-order valence-corrected chi connectivity index (χ0v) is 9.91. The molecule has 0 saturated carbocycles. The molecule has 0 spiro atoms. The molecule has 0 fully saturated rings. The van der Waals surface area contributed by atoms with E-state index in [1.807, 2.05) is 30.3 Å². The van der Waals surface area contributed by atoms with E-state index in [2.05, 4.69) is 9.97 Å². The van der Waals surface area contributed by atoms with Gasteiger partial charge in [-0.25, -0.2) is 4.98 Å². The molecule has 0 atom stereocenters. The average Bonchev–Trinajstić information content (AvgIpc) is 2.43. The third kappa shape index (κ3) is 1.97. The van der Waals surface area contributed by atoms with E-state index < -0.39 is 0 Å². The highest BCUT2D eigenvalue weighted by Gasteiger charge is 2.25. The lowest BCUT2D eigenvalue weighted by molar-refractivity contribution is -0.119. The molecule has 1 aromatic heterocycles. The summed E-state index contributed by atoms with van der Waals surface area (Å²) >= 11 is 0. The third-order valence-electron chi connectivity index (χ3n) is 3.07. The molecule has 4 nitrogen and oxygen atoms in total. The van der Waals surface area contributed by atoms with Gasteiger partial charge in [-0.3, -0.25) is 14.7 Å². The van der Waals surface area contributed by atoms with Gasteiger partial charge in [0, 0.05) is 25.2 Å². The summed E-state index contributed by atoms with van der Waals surface area (Å²) in [6.45, 7) is 0.561. The molecule has 0 N–H and O–H groups in total. The first-order valence-corrected chi connectivity index (χ1v) is 5.99. The van der Waals surface area contributed by atoms with E-state index in [-0.39, 0.29) is 5.91 Å². The van der Waals surface area contributed by atoms with Crippen molar-refractivity contribution < 1.29 is 4.79 Å². The second-order valence-corrected chi connectivity index (χ2v) is 4.29. The van der Waals surface area contributed by atoms with Crippen LogP contribution in [0.2, 0.25) is 0 Å². The summed E-state index contributed by atoms with van der Waals surface area (Å²) in [5, 5.41) is 0. The number of rotatable bonds is 2. The summed E-state index contributed by atoms with van der Waals surface area (Å²) in [4.78, 5) is 22.3. The molecule has 1 aliphatic heterocycles. The van der Waals surface area contributed by atoms with Crippen molar-refractivity contribution in [3.05, 3.63) is 54.0 Å². The van der Waals surface area contributed by atoms with Gasteiger partial charge in [0.2, 0.25) is 5.91 Å². The molecule has 1 aromatic carbocycles. The standard InChI is InChI=1S/C14H13N3O/c18-13-7-6-12-14(16-9-8-15-12)17(13)10-11-4-2-1-3-5-11/h1-5,8-9H,6-7,10H2. The van der Waals surface area contributed by atoms with E-state index in [0.29, 0.717) is 25.2 Å². The number of nitrogens with zero attached hydrogens (tertiary/aromatic N) is 3. The van der Waals surface area contributed by atoms with E-state index >= 15 is 0 Å². The van der Waals surface area contributed by atoms with Crippen LogP contribution in [0.5, 0.6) is 0 Å². The maximum Gasteiger partial charge on any atom is 0.228 e. The van der Waals surface area contributed by atoms with Gasteiger partial charge in [-0.2, -0.15) is 0 Å². The molecule has 0 bridgehead atoms. The number of carbonyl (C=O) groups excluding carboxylic acids is 1. The molecule has 0 aliphatic carbocycles. The predicted octanol–water partition coefficient (Wildman–Crippen LogP) is 1.96. The summed E-state index contributed by atoms with van der Waals surface area (Å²) in [6.07, 6.45) is 4.51. The number of aromatic nitrogens is 2. The van der Waals surface area contributed by atoms with Gasteiger partial charge in [-0.15, -0.1) is 0 Å². The zero-order chi connectivity index (χ0) is 12.4. The number of benzene rings is 1. The highest BCUT2D eigenvalue weighted by molar-refractivity contribution is 5.94. The summed E-state index contributed by atoms with van der Waals surface area (Å²) in [7, 11) is 0. The quantitative estimate of drug-likeness (QED) is 0.804. The van der Waals surface area contributed by atoms with Crippen LogP contribution in [-0.4, -0.2) is 15.9 Å². The number of amides is 1. The maximum atomic E-state index is 12.0. The molecule has 2 aromatic rings. The summed E-state index contributed by atoms with van der Waals surface area (Å²) < 4.78 is 0. The van der Waals surface area contributed by atoms with Gasteiger partial charge >= 0.3 is 0 Å². The Morgan fingerprint density at radius 2 is 1.83 bits per heavy atom. The van der Waals surface area contributed by atoms with Crippen LogP contribution in [0.3, 0.4) is 0 Å².